The molecule has 0 aliphatic rings. The normalized spacial score (nSPS) is 12.6. The molecule has 2 aromatic carbocycles. The van der Waals surface area contributed by atoms with Crippen LogP contribution in [0.3, 0.4) is 0 Å². The van der Waals surface area contributed by atoms with Crippen molar-refractivity contribution < 1.29 is 19.5 Å². The van der Waals surface area contributed by atoms with E-state index >= 15 is 0 Å². The van der Waals surface area contributed by atoms with Gasteiger partial charge < -0.3 is 21.5 Å². The molecule has 0 aliphatic heterocycles. The predicted octanol–water partition coefficient (Wildman–Crippen LogP) is 2.02. The van der Waals surface area contributed by atoms with E-state index in [9.17, 15) is 19.5 Å². The number of hydrogen-bond donors (Lipinski definition) is 4. The summed E-state index contributed by atoms with van der Waals surface area (Å²) in [7, 11) is 0. The molecular weight excluding hydrogens is 346 g/mol. The summed E-state index contributed by atoms with van der Waals surface area (Å²) in [6, 6.07) is 14.9. The molecule has 0 heterocycles. The van der Waals surface area contributed by atoms with Gasteiger partial charge in [-0.2, -0.15) is 0 Å². The third kappa shape index (κ3) is 4.84. The van der Waals surface area contributed by atoms with Gasteiger partial charge in [0.2, 0.25) is 0 Å². The highest BCUT2D eigenvalue weighted by molar-refractivity contribution is 5.95. The fraction of sp³-hybridized carbons (Fsp3) is 0.250. The minimum Gasteiger partial charge on any atom is -0.481 e. The number of nitrogens with two attached hydrogens (primary N) is 1. The minimum absolute atomic E-state index is 0.0212. The van der Waals surface area contributed by atoms with E-state index in [2.05, 4.69) is 10.6 Å². The van der Waals surface area contributed by atoms with Gasteiger partial charge in [0, 0.05) is 18.7 Å². The first-order valence-electron chi connectivity index (χ1n) is 8.58. The van der Waals surface area contributed by atoms with Crippen LogP contribution >= 0.6 is 0 Å². The predicted molar refractivity (Wildman–Crippen MR) is 101 cm³/mol. The van der Waals surface area contributed by atoms with Gasteiger partial charge in [-0.05, 0) is 29.7 Å². The lowest BCUT2D eigenvalue weighted by atomic mass is 9.78. The number of primary amides is 1. The van der Waals surface area contributed by atoms with E-state index in [0.717, 1.165) is 5.56 Å². The Labute approximate surface area is 157 Å². The number of urea groups is 1. The van der Waals surface area contributed by atoms with Crippen LogP contribution in [-0.2, 0) is 16.8 Å². The van der Waals surface area contributed by atoms with E-state index in [0.29, 0.717) is 17.5 Å². The molecule has 0 spiro atoms. The summed E-state index contributed by atoms with van der Waals surface area (Å²) < 4.78 is 0. The smallest absolute Gasteiger partial charge is 0.315 e. The van der Waals surface area contributed by atoms with Gasteiger partial charge >= 0.3 is 12.0 Å². The van der Waals surface area contributed by atoms with Crippen LogP contribution in [0.4, 0.5) is 4.79 Å². The lowest BCUT2D eigenvalue weighted by molar-refractivity contribution is -0.143. The molecule has 0 radical (unpaired) electrons. The van der Waals surface area contributed by atoms with E-state index < -0.39 is 17.4 Å². The van der Waals surface area contributed by atoms with Crippen LogP contribution in [-0.4, -0.2) is 29.6 Å². The number of carbonyl (C=O) groups excluding carboxylic acids is 2. The maximum Gasteiger partial charge on any atom is 0.315 e. The van der Waals surface area contributed by atoms with Crippen molar-refractivity contribution in [1.82, 2.24) is 10.6 Å². The molecule has 5 N–H and O–H groups in total. The maximum absolute atomic E-state index is 12.4. The van der Waals surface area contributed by atoms with Gasteiger partial charge in [-0.3, -0.25) is 9.59 Å². The molecule has 0 saturated heterocycles. The number of amides is 3. The molecule has 1 unspecified atom stereocenters. The molecule has 0 fully saturated rings. The zero-order valence-electron chi connectivity index (χ0n) is 15.1. The fourth-order valence-electron chi connectivity index (χ4n) is 2.84. The van der Waals surface area contributed by atoms with Crippen molar-refractivity contribution >= 4 is 17.9 Å². The molecule has 7 heteroatoms. The summed E-state index contributed by atoms with van der Waals surface area (Å²) >= 11 is 0. The first-order valence-corrected chi connectivity index (χ1v) is 8.58. The lowest BCUT2D eigenvalue weighted by Crippen LogP contribution is -2.46. The Morgan fingerprint density at radius 1 is 1.00 bits per heavy atom. The number of rotatable bonds is 8. The Bertz CT molecular complexity index is 806. The van der Waals surface area contributed by atoms with Crippen LogP contribution in [0.5, 0.6) is 0 Å². The van der Waals surface area contributed by atoms with Crippen LogP contribution < -0.4 is 16.4 Å². The number of nitrogens with one attached hydrogen (secondary N) is 2. The van der Waals surface area contributed by atoms with Crippen LogP contribution in [0.1, 0.15) is 34.8 Å². The summed E-state index contributed by atoms with van der Waals surface area (Å²) in [4.78, 5) is 35.1. The highest BCUT2D eigenvalue weighted by Crippen LogP contribution is 2.28. The van der Waals surface area contributed by atoms with Crippen molar-refractivity contribution in [2.24, 2.45) is 5.73 Å². The van der Waals surface area contributed by atoms with Crippen molar-refractivity contribution in [3.8, 4) is 0 Å². The van der Waals surface area contributed by atoms with Crippen LogP contribution in [0.15, 0.2) is 54.6 Å². The van der Waals surface area contributed by atoms with Gasteiger partial charge in [-0.15, -0.1) is 0 Å². The molecule has 27 heavy (non-hydrogen) atoms. The van der Waals surface area contributed by atoms with Crippen LogP contribution in [0.25, 0.3) is 0 Å². The molecule has 0 bridgehead atoms. The van der Waals surface area contributed by atoms with E-state index in [1.807, 2.05) is 6.07 Å². The Kier molecular flexibility index (Phi) is 6.54. The van der Waals surface area contributed by atoms with E-state index in [1.165, 1.54) is 0 Å². The fourth-order valence-corrected chi connectivity index (χ4v) is 2.84. The number of aliphatic carboxylic acids is 1. The van der Waals surface area contributed by atoms with Crippen molar-refractivity contribution in [3.05, 3.63) is 71.3 Å². The zero-order chi connectivity index (χ0) is 19.9. The molecule has 1 atom stereocenters. The van der Waals surface area contributed by atoms with Gasteiger partial charge in [0.15, 0.2) is 0 Å². The summed E-state index contributed by atoms with van der Waals surface area (Å²) in [5, 5.41) is 15.0. The maximum atomic E-state index is 12.4. The average Bonchev–Trinajstić information content (AvgIpc) is 2.68. The Hall–Kier alpha value is -3.35. The monoisotopic (exact) mass is 369 g/mol. The highest BCUT2D eigenvalue weighted by Gasteiger charge is 2.39. The molecule has 7 nitrogen and oxygen atoms in total. The van der Waals surface area contributed by atoms with Crippen molar-refractivity contribution in [2.75, 3.05) is 6.54 Å². The van der Waals surface area contributed by atoms with Gasteiger partial charge in [0.05, 0.1) is 0 Å². The Morgan fingerprint density at radius 2 is 1.63 bits per heavy atom. The summed E-state index contributed by atoms with van der Waals surface area (Å²) in [6.07, 6.45) is 0.338. The minimum atomic E-state index is -1.19. The van der Waals surface area contributed by atoms with Crippen LogP contribution in [0.2, 0.25) is 0 Å². The summed E-state index contributed by atoms with van der Waals surface area (Å²) in [6.45, 7) is 2.03. The standard InChI is InChI=1S/C20H23N3O4/c1-2-20(18(25)26,16-6-4-3-5-7-16)13-23-17(24)15-10-8-14(9-11-15)12-22-19(21)27/h3-11H,2,12-13H2,1H3,(H,23,24)(H,25,26)(H3,21,22,27). The molecule has 3 amide bonds. The van der Waals surface area contributed by atoms with E-state index in [1.54, 1.807) is 55.5 Å². The van der Waals surface area contributed by atoms with Crippen molar-refractivity contribution in [2.45, 2.75) is 25.3 Å². The average molecular weight is 369 g/mol. The molecular formula is C20H23N3O4. The summed E-state index contributed by atoms with van der Waals surface area (Å²) in [5.74, 6) is -1.34. The number of hydrogen-bond acceptors (Lipinski definition) is 3. The Balaban J connectivity index is 2.10. The molecule has 2 aromatic rings. The van der Waals surface area contributed by atoms with Gasteiger partial charge in [0.25, 0.3) is 5.91 Å². The number of carbonyl (C=O) groups is 3. The largest absolute Gasteiger partial charge is 0.481 e. The zero-order valence-corrected chi connectivity index (χ0v) is 15.1. The first-order chi connectivity index (χ1) is 12.9. The topological polar surface area (TPSA) is 122 Å². The third-order valence-corrected chi connectivity index (χ3v) is 4.57. The van der Waals surface area contributed by atoms with E-state index in [4.69, 9.17) is 5.73 Å². The van der Waals surface area contributed by atoms with Gasteiger partial charge in [-0.25, -0.2) is 4.79 Å². The van der Waals surface area contributed by atoms with Crippen molar-refractivity contribution in [1.29, 1.82) is 0 Å². The molecule has 0 aliphatic carbocycles. The molecule has 142 valence electrons. The lowest BCUT2D eigenvalue weighted by Gasteiger charge is -2.29. The SMILES string of the molecule is CCC(CNC(=O)c1ccc(CNC(N)=O)cc1)(C(=O)O)c1ccccc1. The van der Waals surface area contributed by atoms with Gasteiger partial charge in [0.1, 0.15) is 5.41 Å². The van der Waals surface area contributed by atoms with Crippen LogP contribution in [0, 0.1) is 0 Å². The molecule has 0 aromatic heterocycles. The highest BCUT2D eigenvalue weighted by atomic mass is 16.4. The Morgan fingerprint density at radius 3 is 2.15 bits per heavy atom. The first kappa shape index (κ1) is 20.0. The number of benzene rings is 2. The number of carboxylic acid groups (broad SMARTS) is 1. The second-order valence-electron chi connectivity index (χ2n) is 6.20. The third-order valence-electron chi connectivity index (χ3n) is 4.57. The van der Waals surface area contributed by atoms with Crippen molar-refractivity contribution in [3.63, 3.8) is 0 Å². The summed E-state index contributed by atoms with van der Waals surface area (Å²) in [5.41, 5.74) is 5.67. The van der Waals surface area contributed by atoms with E-state index in [-0.39, 0.29) is 19.0 Å². The molecule has 2 rings (SSSR count). The second kappa shape index (κ2) is 8.84. The number of carboxylic acids is 1. The van der Waals surface area contributed by atoms with Gasteiger partial charge in [-0.1, -0.05) is 49.4 Å². The quantitative estimate of drug-likeness (QED) is 0.569. The molecule has 0 saturated carbocycles. The second-order valence-corrected chi connectivity index (χ2v) is 6.20.